The predicted octanol–water partition coefficient (Wildman–Crippen LogP) is 1.88. The lowest BCUT2D eigenvalue weighted by molar-refractivity contribution is 0.200. The minimum Gasteiger partial charge on any atom is -0.484 e. The van der Waals surface area contributed by atoms with E-state index in [1.54, 1.807) is 6.20 Å². The molecule has 0 aliphatic heterocycles. The van der Waals surface area contributed by atoms with Gasteiger partial charge in [-0.1, -0.05) is 19.4 Å². The van der Waals surface area contributed by atoms with Gasteiger partial charge in [-0.25, -0.2) is 4.79 Å². The Hall–Kier alpha value is -0.596. The van der Waals surface area contributed by atoms with E-state index in [1.807, 2.05) is 6.08 Å². The molecule has 1 amide bonds. The molecule has 0 aromatic heterocycles. The normalized spacial score (nSPS) is 12.5. The first-order valence-corrected chi connectivity index (χ1v) is 9.74. The molecule has 6 heteroatoms. The molecule has 0 aromatic rings. The molecular formula is C9H21NO3Si2. The van der Waals surface area contributed by atoms with Gasteiger partial charge in [0.25, 0.3) is 0 Å². The second-order valence-corrected chi connectivity index (χ2v) is 10.0. The van der Waals surface area contributed by atoms with Crippen molar-refractivity contribution in [3.05, 3.63) is 12.3 Å². The Morgan fingerprint density at radius 1 is 1.47 bits per heavy atom. The Morgan fingerprint density at radius 3 is 2.67 bits per heavy atom. The van der Waals surface area contributed by atoms with Gasteiger partial charge in [0.15, 0.2) is 8.32 Å². The number of hydrogen-bond acceptors (Lipinski definition) is 3. The third-order valence-corrected chi connectivity index (χ3v) is 5.77. The van der Waals surface area contributed by atoms with E-state index < -0.39 is 24.4 Å². The fourth-order valence-electron chi connectivity index (χ4n) is 0.678. The highest BCUT2D eigenvalue weighted by atomic mass is 28.4. The smallest absolute Gasteiger partial charge is 0.398 e. The maximum absolute atomic E-state index is 11.1. The number of nitrogens with one attached hydrogen (secondary N) is 1. The van der Waals surface area contributed by atoms with E-state index in [0.717, 1.165) is 12.8 Å². The lowest BCUT2D eigenvalue weighted by Gasteiger charge is -2.16. The van der Waals surface area contributed by atoms with Crippen molar-refractivity contribution < 1.29 is 13.3 Å². The van der Waals surface area contributed by atoms with Crippen LogP contribution in [-0.2, 0) is 8.54 Å². The molecule has 0 atom stereocenters. The second-order valence-electron chi connectivity index (χ2n) is 4.14. The van der Waals surface area contributed by atoms with E-state index >= 15 is 0 Å². The molecule has 0 saturated carbocycles. The van der Waals surface area contributed by atoms with Crippen LogP contribution in [0.3, 0.4) is 0 Å². The highest BCUT2D eigenvalue weighted by molar-refractivity contribution is 6.73. The van der Waals surface area contributed by atoms with Crippen molar-refractivity contribution in [1.82, 2.24) is 5.32 Å². The van der Waals surface area contributed by atoms with Crippen LogP contribution in [0.25, 0.3) is 0 Å². The summed E-state index contributed by atoms with van der Waals surface area (Å²) in [6.07, 6.45) is 5.15. The highest BCUT2D eigenvalue weighted by Gasteiger charge is 2.14. The fraction of sp³-hybridized carbons (Fsp3) is 0.667. The summed E-state index contributed by atoms with van der Waals surface area (Å²) >= 11 is 0. The Morgan fingerprint density at radius 2 is 2.13 bits per heavy atom. The van der Waals surface area contributed by atoms with Crippen molar-refractivity contribution in [3.63, 3.8) is 0 Å². The quantitative estimate of drug-likeness (QED) is 0.729. The summed E-state index contributed by atoms with van der Waals surface area (Å²) in [5.74, 6) is 0. The van der Waals surface area contributed by atoms with Crippen LogP contribution in [0.15, 0.2) is 12.3 Å². The van der Waals surface area contributed by atoms with Crippen LogP contribution in [-0.4, -0.2) is 24.4 Å². The van der Waals surface area contributed by atoms with Crippen LogP contribution in [0.4, 0.5) is 4.79 Å². The molecule has 0 unspecified atom stereocenters. The van der Waals surface area contributed by atoms with Crippen LogP contribution in [0.5, 0.6) is 0 Å². The van der Waals surface area contributed by atoms with Crippen LogP contribution < -0.4 is 5.32 Å². The van der Waals surface area contributed by atoms with Crippen molar-refractivity contribution in [2.75, 3.05) is 0 Å². The zero-order chi connectivity index (χ0) is 11.7. The summed E-state index contributed by atoms with van der Waals surface area (Å²) in [6.45, 7) is 8.30. The molecule has 0 rings (SSSR count). The molecule has 0 aliphatic carbocycles. The third kappa shape index (κ3) is 11.3. The standard InChI is InChI=1S/C9H21NO3Si2/c1-5-6-7-8-10-9(11)12-14-13-15(2,3)4/h7-8H,5-6,14H2,1-4H3,(H,10,11). The topological polar surface area (TPSA) is 47.6 Å². The monoisotopic (exact) mass is 247 g/mol. The van der Waals surface area contributed by atoms with Crippen molar-refractivity contribution in [2.45, 2.75) is 39.4 Å². The van der Waals surface area contributed by atoms with Gasteiger partial charge in [0.05, 0.1) is 0 Å². The maximum Gasteiger partial charge on any atom is 0.398 e. The van der Waals surface area contributed by atoms with E-state index in [1.165, 1.54) is 0 Å². The second kappa shape index (κ2) is 7.66. The van der Waals surface area contributed by atoms with Gasteiger partial charge in [0.1, 0.15) is 0 Å². The van der Waals surface area contributed by atoms with E-state index in [9.17, 15) is 4.79 Å². The van der Waals surface area contributed by atoms with Gasteiger partial charge in [-0.2, -0.15) is 0 Å². The Balaban J connectivity index is 3.50. The molecule has 1 N–H and O–H groups in total. The van der Waals surface area contributed by atoms with Gasteiger partial charge in [-0.05, 0) is 26.1 Å². The number of unbranched alkanes of at least 4 members (excludes halogenated alkanes) is 1. The number of carbonyl (C=O) groups excluding carboxylic acids is 1. The SMILES string of the molecule is CCCC=CNC(=O)O[SiH2]O[Si](C)(C)C. The minimum absolute atomic E-state index is 0.410. The summed E-state index contributed by atoms with van der Waals surface area (Å²) in [5.41, 5.74) is 0. The van der Waals surface area contributed by atoms with Crippen molar-refractivity contribution >= 4 is 24.4 Å². The molecule has 0 radical (unpaired) electrons. The molecule has 0 spiro atoms. The van der Waals surface area contributed by atoms with Gasteiger partial charge in [-0.15, -0.1) is 0 Å². The summed E-state index contributed by atoms with van der Waals surface area (Å²) in [7, 11) is -2.69. The van der Waals surface area contributed by atoms with Gasteiger partial charge in [-0.3, -0.25) is 5.32 Å². The molecule has 0 heterocycles. The first kappa shape index (κ1) is 14.4. The summed E-state index contributed by atoms with van der Waals surface area (Å²) in [6, 6.07) is 0. The largest absolute Gasteiger partial charge is 0.484 e. The molecule has 15 heavy (non-hydrogen) atoms. The first-order valence-electron chi connectivity index (χ1n) is 5.18. The predicted molar refractivity (Wildman–Crippen MR) is 66.6 cm³/mol. The van der Waals surface area contributed by atoms with Crippen molar-refractivity contribution in [1.29, 1.82) is 0 Å². The number of carbonyl (C=O) groups is 1. The van der Waals surface area contributed by atoms with E-state index in [-0.39, 0.29) is 0 Å². The minimum atomic E-state index is -1.53. The van der Waals surface area contributed by atoms with Gasteiger partial charge in [0.2, 0.25) is 0 Å². The molecule has 0 aromatic carbocycles. The molecule has 0 saturated heterocycles. The van der Waals surface area contributed by atoms with E-state index in [2.05, 4.69) is 31.9 Å². The van der Waals surface area contributed by atoms with Crippen LogP contribution in [0.2, 0.25) is 19.6 Å². The number of hydrogen-bond donors (Lipinski definition) is 1. The average molecular weight is 247 g/mol. The summed E-state index contributed by atoms with van der Waals surface area (Å²) in [4.78, 5) is 11.1. The molecule has 4 nitrogen and oxygen atoms in total. The molecule has 0 bridgehead atoms. The van der Waals surface area contributed by atoms with Crippen molar-refractivity contribution in [3.8, 4) is 0 Å². The lowest BCUT2D eigenvalue weighted by atomic mass is 10.3. The molecule has 88 valence electrons. The molecule has 0 fully saturated rings. The van der Waals surface area contributed by atoms with Crippen LogP contribution in [0.1, 0.15) is 19.8 Å². The van der Waals surface area contributed by atoms with E-state index in [0.29, 0.717) is 0 Å². The Labute approximate surface area is 95.2 Å². The van der Waals surface area contributed by atoms with Crippen molar-refractivity contribution in [2.24, 2.45) is 0 Å². The van der Waals surface area contributed by atoms with Gasteiger partial charge >= 0.3 is 16.1 Å². The van der Waals surface area contributed by atoms with Crippen LogP contribution in [0, 0.1) is 0 Å². The average Bonchev–Trinajstić information content (AvgIpc) is 2.10. The van der Waals surface area contributed by atoms with Gasteiger partial charge < -0.3 is 8.54 Å². The number of allylic oxidation sites excluding steroid dienone is 1. The van der Waals surface area contributed by atoms with Crippen LogP contribution >= 0.6 is 0 Å². The summed E-state index contributed by atoms with van der Waals surface area (Å²) < 4.78 is 10.4. The molecular weight excluding hydrogens is 226 g/mol. The van der Waals surface area contributed by atoms with Gasteiger partial charge in [0, 0.05) is 6.20 Å². The third-order valence-electron chi connectivity index (χ3n) is 1.46. The number of rotatable bonds is 6. The maximum atomic E-state index is 11.1. The number of amides is 1. The zero-order valence-corrected chi connectivity index (χ0v) is 12.4. The fourth-order valence-corrected chi connectivity index (χ4v) is 2.52. The molecule has 0 aliphatic rings. The first-order chi connectivity index (χ1) is 6.95. The Bertz CT molecular complexity index is 214. The Kier molecular flexibility index (Phi) is 7.36. The summed E-state index contributed by atoms with van der Waals surface area (Å²) in [5, 5.41) is 2.53. The van der Waals surface area contributed by atoms with E-state index in [4.69, 9.17) is 8.54 Å². The zero-order valence-electron chi connectivity index (χ0n) is 10.0. The lowest BCUT2D eigenvalue weighted by Crippen LogP contribution is -2.31. The highest BCUT2D eigenvalue weighted by Crippen LogP contribution is 2.00.